The van der Waals surface area contributed by atoms with Crippen LogP contribution in [0, 0.1) is 0 Å². The zero-order chi connectivity index (χ0) is 12.0. The summed E-state index contributed by atoms with van der Waals surface area (Å²) < 4.78 is 16.7. The monoisotopic (exact) mass is 251 g/mol. The van der Waals surface area contributed by atoms with E-state index in [2.05, 4.69) is 15.0 Å². The van der Waals surface area contributed by atoms with E-state index in [1.165, 1.54) is 12.8 Å². The van der Waals surface area contributed by atoms with E-state index in [0.717, 1.165) is 25.3 Å². The first-order valence-corrected chi connectivity index (χ1v) is 6.66. The summed E-state index contributed by atoms with van der Waals surface area (Å²) in [5.74, 6) is 1.78. The van der Waals surface area contributed by atoms with Crippen molar-refractivity contribution in [3.8, 4) is 0 Å². The van der Waals surface area contributed by atoms with Gasteiger partial charge in [0, 0.05) is 18.9 Å². The fourth-order valence-electron chi connectivity index (χ4n) is 2.73. The highest BCUT2D eigenvalue weighted by Crippen LogP contribution is 2.38. The lowest BCUT2D eigenvalue weighted by Gasteiger charge is -2.21. The fraction of sp³-hybridized carbons (Fsp3) is 0.833. The Hall–Kier alpha value is -0.980. The quantitative estimate of drug-likeness (QED) is 0.795. The number of hydrogen-bond donors (Lipinski definition) is 0. The molecule has 1 saturated carbocycles. The summed E-state index contributed by atoms with van der Waals surface area (Å²) in [5.41, 5.74) is 0. The van der Waals surface area contributed by atoms with Crippen molar-refractivity contribution in [3.05, 3.63) is 11.7 Å². The van der Waals surface area contributed by atoms with Gasteiger partial charge in [0.15, 0.2) is 11.6 Å². The van der Waals surface area contributed by atoms with Crippen molar-refractivity contribution in [3.63, 3.8) is 0 Å². The molecule has 1 aromatic rings. The molecule has 1 aliphatic carbocycles. The van der Waals surface area contributed by atoms with Crippen LogP contribution in [0.5, 0.6) is 0 Å². The SMILES string of the molecule is C1COC2(CCN(Cc3nc(C4CC4)no3)C2)O1. The summed E-state index contributed by atoms with van der Waals surface area (Å²) in [6.45, 7) is 3.88. The Kier molecular flexibility index (Phi) is 2.43. The molecule has 0 atom stereocenters. The summed E-state index contributed by atoms with van der Waals surface area (Å²) >= 11 is 0. The highest BCUT2D eigenvalue weighted by atomic mass is 16.7. The standard InChI is InChI=1S/C12H17N3O3/c1-2-9(1)11-13-10(18-14-11)7-15-4-3-12(8-15)16-5-6-17-12/h9H,1-8H2. The second-order valence-electron chi connectivity index (χ2n) is 5.39. The third-order valence-corrected chi connectivity index (χ3v) is 3.87. The molecule has 0 bridgehead atoms. The maximum atomic E-state index is 5.69. The lowest BCUT2D eigenvalue weighted by molar-refractivity contribution is -0.145. The topological polar surface area (TPSA) is 60.6 Å². The largest absolute Gasteiger partial charge is 0.346 e. The van der Waals surface area contributed by atoms with Crippen molar-refractivity contribution in [2.45, 2.75) is 37.5 Å². The van der Waals surface area contributed by atoms with Crippen LogP contribution < -0.4 is 0 Å². The minimum Gasteiger partial charge on any atom is -0.346 e. The average molecular weight is 251 g/mol. The number of likely N-dealkylation sites (tertiary alicyclic amines) is 1. The molecule has 18 heavy (non-hydrogen) atoms. The van der Waals surface area contributed by atoms with Crippen molar-refractivity contribution >= 4 is 0 Å². The first-order valence-electron chi connectivity index (χ1n) is 6.66. The highest BCUT2D eigenvalue weighted by Gasteiger charge is 2.43. The van der Waals surface area contributed by atoms with Gasteiger partial charge in [0.2, 0.25) is 5.89 Å². The van der Waals surface area contributed by atoms with Gasteiger partial charge in [-0.1, -0.05) is 5.16 Å². The Morgan fingerprint density at radius 2 is 2.11 bits per heavy atom. The molecule has 2 saturated heterocycles. The lowest BCUT2D eigenvalue weighted by atomic mass is 10.2. The Morgan fingerprint density at radius 1 is 1.28 bits per heavy atom. The first-order chi connectivity index (χ1) is 8.83. The van der Waals surface area contributed by atoms with Crippen LogP contribution in [0.4, 0.5) is 0 Å². The van der Waals surface area contributed by atoms with Crippen LogP contribution in [-0.2, 0) is 16.0 Å². The average Bonchev–Trinajstić information content (AvgIpc) is 2.81. The van der Waals surface area contributed by atoms with E-state index in [0.29, 0.717) is 31.6 Å². The van der Waals surface area contributed by atoms with Crippen LogP contribution in [0.25, 0.3) is 0 Å². The number of aromatic nitrogens is 2. The highest BCUT2D eigenvalue weighted by molar-refractivity contribution is 5.03. The summed E-state index contributed by atoms with van der Waals surface area (Å²) in [6.07, 6.45) is 3.33. The minimum absolute atomic E-state index is 0.362. The normalized spacial score (nSPS) is 27.3. The molecule has 2 aliphatic heterocycles. The number of rotatable bonds is 3. The van der Waals surface area contributed by atoms with Crippen molar-refractivity contribution < 1.29 is 14.0 Å². The van der Waals surface area contributed by atoms with E-state index in [9.17, 15) is 0 Å². The van der Waals surface area contributed by atoms with E-state index in [1.54, 1.807) is 0 Å². The van der Waals surface area contributed by atoms with Gasteiger partial charge in [-0.3, -0.25) is 4.90 Å². The van der Waals surface area contributed by atoms with E-state index in [-0.39, 0.29) is 5.79 Å². The van der Waals surface area contributed by atoms with Gasteiger partial charge in [0.05, 0.1) is 26.3 Å². The molecule has 0 amide bonds. The second kappa shape index (κ2) is 4.01. The molecule has 6 heteroatoms. The summed E-state index contributed by atoms with van der Waals surface area (Å²) in [5, 5.41) is 4.03. The van der Waals surface area contributed by atoms with Crippen LogP contribution in [0.1, 0.15) is 36.9 Å². The molecule has 0 radical (unpaired) electrons. The Bertz CT molecular complexity index is 438. The van der Waals surface area contributed by atoms with E-state index >= 15 is 0 Å². The zero-order valence-electron chi connectivity index (χ0n) is 10.3. The predicted octanol–water partition coefficient (Wildman–Crippen LogP) is 0.896. The van der Waals surface area contributed by atoms with Crippen molar-refractivity contribution in [2.24, 2.45) is 0 Å². The van der Waals surface area contributed by atoms with Gasteiger partial charge in [-0.2, -0.15) is 4.98 Å². The maximum Gasteiger partial charge on any atom is 0.240 e. The van der Waals surface area contributed by atoms with Gasteiger partial charge in [0.25, 0.3) is 0 Å². The van der Waals surface area contributed by atoms with Crippen molar-refractivity contribution in [1.29, 1.82) is 0 Å². The second-order valence-corrected chi connectivity index (χ2v) is 5.39. The Balaban J connectivity index is 1.39. The summed E-state index contributed by atoms with van der Waals surface area (Å²) in [4.78, 5) is 6.71. The Morgan fingerprint density at radius 3 is 2.89 bits per heavy atom. The lowest BCUT2D eigenvalue weighted by Crippen LogP contribution is -2.34. The van der Waals surface area contributed by atoms with Gasteiger partial charge < -0.3 is 14.0 Å². The number of nitrogens with zero attached hydrogens (tertiary/aromatic N) is 3. The molecule has 0 N–H and O–H groups in total. The molecule has 3 aliphatic rings. The van der Waals surface area contributed by atoms with Crippen LogP contribution in [-0.4, -0.2) is 47.1 Å². The van der Waals surface area contributed by atoms with Crippen molar-refractivity contribution in [2.75, 3.05) is 26.3 Å². The van der Waals surface area contributed by atoms with Gasteiger partial charge in [0.1, 0.15) is 0 Å². The molecule has 6 nitrogen and oxygen atoms in total. The molecule has 0 aromatic carbocycles. The van der Waals surface area contributed by atoms with Crippen LogP contribution in [0.2, 0.25) is 0 Å². The molecular formula is C12H17N3O3. The molecule has 1 spiro atoms. The number of hydrogen-bond acceptors (Lipinski definition) is 6. The summed E-state index contributed by atoms with van der Waals surface area (Å²) in [6, 6.07) is 0. The van der Waals surface area contributed by atoms with Gasteiger partial charge in [-0.15, -0.1) is 0 Å². The molecule has 98 valence electrons. The predicted molar refractivity (Wildman–Crippen MR) is 60.8 cm³/mol. The number of ether oxygens (including phenoxy) is 2. The van der Waals surface area contributed by atoms with Crippen LogP contribution >= 0.6 is 0 Å². The van der Waals surface area contributed by atoms with Crippen molar-refractivity contribution in [1.82, 2.24) is 15.0 Å². The molecule has 3 heterocycles. The maximum absolute atomic E-state index is 5.69. The van der Waals surface area contributed by atoms with Crippen LogP contribution in [0.3, 0.4) is 0 Å². The molecule has 1 aromatic heterocycles. The van der Waals surface area contributed by atoms with Gasteiger partial charge in [-0.25, -0.2) is 0 Å². The molecular weight excluding hydrogens is 234 g/mol. The molecule has 0 unspecified atom stereocenters. The van der Waals surface area contributed by atoms with E-state index in [4.69, 9.17) is 14.0 Å². The third kappa shape index (κ3) is 1.94. The van der Waals surface area contributed by atoms with E-state index in [1.807, 2.05) is 0 Å². The Labute approximate surface area is 105 Å². The molecule has 3 fully saturated rings. The summed E-state index contributed by atoms with van der Waals surface area (Å²) in [7, 11) is 0. The minimum atomic E-state index is -0.362. The van der Waals surface area contributed by atoms with Gasteiger partial charge in [-0.05, 0) is 12.8 Å². The molecule has 4 rings (SSSR count). The zero-order valence-corrected chi connectivity index (χ0v) is 10.3. The smallest absolute Gasteiger partial charge is 0.240 e. The fourth-order valence-corrected chi connectivity index (χ4v) is 2.73. The van der Waals surface area contributed by atoms with Gasteiger partial charge >= 0.3 is 0 Å². The first kappa shape index (κ1) is 10.9. The van der Waals surface area contributed by atoms with Crippen LogP contribution in [0.15, 0.2) is 4.52 Å². The van der Waals surface area contributed by atoms with E-state index < -0.39 is 0 Å². The third-order valence-electron chi connectivity index (χ3n) is 3.87.